The quantitative estimate of drug-likeness (QED) is 0.742. The maximum absolute atomic E-state index is 9.40. The van der Waals surface area contributed by atoms with Gasteiger partial charge in [-0.2, -0.15) is 0 Å². The minimum absolute atomic E-state index is 0.0695. The van der Waals surface area contributed by atoms with Gasteiger partial charge in [0.05, 0.1) is 11.1 Å². The second kappa shape index (κ2) is 3.78. The van der Waals surface area contributed by atoms with Crippen LogP contribution < -0.4 is 0 Å². The molecule has 1 aromatic carbocycles. The average molecular weight is 187 g/mol. The number of aliphatic hydroxyl groups excluding tert-OH is 1. The van der Waals surface area contributed by atoms with Crippen molar-refractivity contribution in [2.45, 2.75) is 19.4 Å². The highest BCUT2D eigenvalue weighted by Crippen LogP contribution is 2.27. The molecule has 1 rings (SSSR count). The Morgan fingerprint density at radius 3 is 2.75 bits per heavy atom. The summed E-state index contributed by atoms with van der Waals surface area (Å²) in [5.74, 6) is 0.0695. The van der Waals surface area contributed by atoms with E-state index in [2.05, 4.69) is 0 Å². The molecule has 0 radical (unpaired) electrons. The van der Waals surface area contributed by atoms with Crippen LogP contribution in [-0.4, -0.2) is 16.3 Å². The van der Waals surface area contributed by atoms with E-state index >= 15 is 0 Å². The fourth-order valence-corrected chi connectivity index (χ4v) is 1.24. The van der Waals surface area contributed by atoms with Crippen LogP contribution in [-0.2, 0) is 6.42 Å². The third-order valence-corrected chi connectivity index (χ3v) is 1.89. The molecule has 0 aliphatic heterocycles. The molecule has 0 heterocycles. The first-order valence-electron chi connectivity index (χ1n) is 3.75. The van der Waals surface area contributed by atoms with E-state index in [9.17, 15) is 5.11 Å². The van der Waals surface area contributed by atoms with E-state index in [0.29, 0.717) is 17.0 Å². The summed E-state index contributed by atoms with van der Waals surface area (Å²) in [6.45, 7) is 1.67. The fraction of sp³-hybridized carbons (Fsp3) is 0.333. The number of phenolic OH excluding ortho intramolecular Hbond substituents is 1. The lowest BCUT2D eigenvalue weighted by Gasteiger charge is -2.07. The summed E-state index contributed by atoms with van der Waals surface area (Å²) in [7, 11) is 0. The van der Waals surface area contributed by atoms with Gasteiger partial charge >= 0.3 is 0 Å². The first-order chi connectivity index (χ1) is 5.61. The molecule has 0 spiro atoms. The van der Waals surface area contributed by atoms with Crippen molar-refractivity contribution in [2.75, 3.05) is 0 Å². The number of halogens is 1. The molecule has 0 bridgehead atoms. The molecule has 2 N–H and O–H groups in total. The van der Waals surface area contributed by atoms with Crippen molar-refractivity contribution in [1.29, 1.82) is 0 Å². The largest absolute Gasteiger partial charge is 0.506 e. The van der Waals surface area contributed by atoms with Crippen LogP contribution >= 0.6 is 11.6 Å². The summed E-state index contributed by atoms with van der Waals surface area (Å²) in [5, 5.41) is 18.8. The third-order valence-electron chi connectivity index (χ3n) is 1.59. The molecule has 2 nitrogen and oxygen atoms in total. The molecule has 0 fully saturated rings. The lowest BCUT2D eigenvalue weighted by molar-refractivity contribution is 0.194. The van der Waals surface area contributed by atoms with Gasteiger partial charge < -0.3 is 10.2 Å². The summed E-state index contributed by atoms with van der Waals surface area (Å²) < 4.78 is 0. The zero-order valence-corrected chi connectivity index (χ0v) is 7.54. The monoisotopic (exact) mass is 186 g/mol. The van der Waals surface area contributed by atoms with Gasteiger partial charge in [-0.3, -0.25) is 0 Å². The maximum Gasteiger partial charge on any atom is 0.137 e. The topological polar surface area (TPSA) is 40.5 Å². The molecule has 0 amide bonds. The number of aromatic hydroxyl groups is 1. The second-order valence-electron chi connectivity index (χ2n) is 2.80. The van der Waals surface area contributed by atoms with Crippen LogP contribution in [0, 0.1) is 0 Å². The number of rotatable bonds is 2. The van der Waals surface area contributed by atoms with Gasteiger partial charge in [0, 0.05) is 6.42 Å². The van der Waals surface area contributed by atoms with E-state index in [0.717, 1.165) is 0 Å². The van der Waals surface area contributed by atoms with E-state index in [-0.39, 0.29) is 5.75 Å². The lowest BCUT2D eigenvalue weighted by Crippen LogP contribution is -2.04. The molecule has 0 aromatic heterocycles. The first kappa shape index (κ1) is 9.36. The van der Waals surface area contributed by atoms with E-state index in [1.54, 1.807) is 25.1 Å². The minimum Gasteiger partial charge on any atom is -0.506 e. The normalized spacial score (nSPS) is 12.9. The number of benzene rings is 1. The summed E-state index contributed by atoms with van der Waals surface area (Å²) in [5.41, 5.74) is 0.678. The smallest absolute Gasteiger partial charge is 0.137 e. The Labute approximate surface area is 76.4 Å². The van der Waals surface area contributed by atoms with E-state index in [1.165, 1.54) is 0 Å². The molecule has 0 saturated heterocycles. The van der Waals surface area contributed by atoms with Crippen LogP contribution in [0.5, 0.6) is 5.75 Å². The Balaban J connectivity index is 2.92. The predicted octanol–water partition coefficient (Wildman–Crippen LogP) is 1.97. The SMILES string of the molecule is C[C@H](O)Cc1cccc(Cl)c1O. The minimum atomic E-state index is -0.464. The van der Waals surface area contributed by atoms with Gasteiger partial charge in [-0.05, 0) is 18.6 Å². The van der Waals surface area contributed by atoms with Crippen molar-refractivity contribution >= 4 is 11.6 Å². The zero-order chi connectivity index (χ0) is 9.14. The zero-order valence-electron chi connectivity index (χ0n) is 6.79. The molecule has 1 atom stereocenters. The Kier molecular flexibility index (Phi) is 2.95. The molecule has 0 saturated carbocycles. The van der Waals surface area contributed by atoms with E-state index in [1.807, 2.05) is 0 Å². The number of para-hydroxylation sites is 1. The van der Waals surface area contributed by atoms with Crippen molar-refractivity contribution in [3.8, 4) is 5.75 Å². The molecule has 1 aromatic rings. The number of phenols is 1. The third kappa shape index (κ3) is 2.13. The van der Waals surface area contributed by atoms with Crippen LogP contribution in [0.15, 0.2) is 18.2 Å². The number of aliphatic hydroxyl groups is 1. The summed E-state index contributed by atoms with van der Waals surface area (Å²) in [6.07, 6.45) is -0.0405. The Morgan fingerprint density at radius 2 is 2.17 bits per heavy atom. The lowest BCUT2D eigenvalue weighted by atomic mass is 10.1. The molecule has 12 heavy (non-hydrogen) atoms. The number of hydrogen-bond acceptors (Lipinski definition) is 2. The van der Waals surface area contributed by atoms with Crippen molar-refractivity contribution in [3.63, 3.8) is 0 Å². The highest BCUT2D eigenvalue weighted by Gasteiger charge is 2.06. The van der Waals surface area contributed by atoms with Crippen LogP contribution in [0.1, 0.15) is 12.5 Å². The molecular formula is C9H11ClO2. The Hall–Kier alpha value is -0.730. The second-order valence-corrected chi connectivity index (χ2v) is 3.21. The molecule has 0 unspecified atom stereocenters. The van der Waals surface area contributed by atoms with Gasteiger partial charge in [0.1, 0.15) is 5.75 Å². The maximum atomic E-state index is 9.40. The van der Waals surface area contributed by atoms with Gasteiger partial charge in [0.25, 0.3) is 0 Å². The van der Waals surface area contributed by atoms with Crippen molar-refractivity contribution < 1.29 is 10.2 Å². The summed E-state index contributed by atoms with van der Waals surface area (Å²) >= 11 is 5.67. The molecule has 66 valence electrons. The molecular weight excluding hydrogens is 176 g/mol. The highest BCUT2D eigenvalue weighted by atomic mass is 35.5. The van der Waals surface area contributed by atoms with Gasteiger partial charge in [0.2, 0.25) is 0 Å². The first-order valence-corrected chi connectivity index (χ1v) is 4.13. The molecule has 3 heteroatoms. The Morgan fingerprint density at radius 1 is 1.50 bits per heavy atom. The van der Waals surface area contributed by atoms with Crippen LogP contribution in [0.4, 0.5) is 0 Å². The standard InChI is InChI=1S/C9H11ClO2/c1-6(11)5-7-3-2-4-8(10)9(7)12/h2-4,6,11-12H,5H2,1H3/t6-/m0/s1. The fourth-order valence-electron chi connectivity index (χ4n) is 1.04. The Bertz CT molecular complexity index is 271. The van der Waals surface area contributed by atoms with Crippen molar-refractivity contribution in [1.82, 2.24) is 0 Å². The molecule has 0 aliphatic rings. The van der Waals surface area contributed by atoms with Gasteiger partial charge in [-0.25, -0.2) is 0 Å². The van der Waals surface area contributed by atoms with E-state index in [4.69, 9.17) is 16.7 Å². The summed E-state index contributed by atoms with van der Waals surface area (Å²) in [4.78, 5) is 0. The average Bonchev–Trinajstić information content (AvgIpc) is 1.98. The van der Waals surface area contributed by atoms with Gasteiger partial charge in [-0.15, -0.1) is 0 Å². The van der Waals surface area contributed by atoms with Crippen molar-refractivity contribution in [2.24, 2.45) is 0 Å². The van der Waals surface area contributed by atoms with Gasteiger partial charge in [-0.1, -0.05) is 23.7 Å². The van der Waals surface area contributed by atoms with E-state index < -0.39 is 6.10 Å². The van der Waals surface area contributed by atoms with Crippen molar-refractivity contribution in [3.05, 3.63) is 28.8 Å². The summed E-state index contributed by atoms with van der Waals surface area (Å²) in [6, 6.07) is 5.11. The van der Waals surface area contributed by atoms with Crippen LogP contribution in [0.3, 0.4) is 0 Å². The number of hydrogen-bond donors (Lipinski definition) is 2. The predicted molar refractivity (Wildman–Crippen MR) is 48.5 cm³/mol. The molecule has 0 aliphatic carbocycles. The van der Waals surface area contributed by atoms with Gasteiger partial charge in [0.15, 0.2) is 0 Å². The van der Waals surface area contributed by atoms with Crippen LogP contribution in [0.2, 0.25) is 5.02 Å². The van der Waals surface area contributed by atoms with Crippen LogP contribution in [0.25, 0.3) is 0 Å². The highest BCUT2D eigenvalue weighted by molar-refractivity contribution is 6.32.